The van der Waals surface area contributed by atoms with Crippen molar-refractivity contribution in [3.63, 3.8) is 0 Å². The third-order valence-corrected chi connectivity index (χ3v) is 2.29. The predicted octanol–water partition coefficient (Wildman–Crippen LogP) is 2.62. The summed E-state index contributed by atoms with van der Waals surface area (Å²) >= 11 is 0. The van der Waals surface area contributed by atoms with E-state index in [4.69, 9.17) is 4.74 Å². The van der Waals surface area contributed by atoms with Crippen LogP contribution in [0.3, 0.4) is 0 Å². The Balaban J connectivity index is 0.00000144. The number of rotatable bonds is 2. The van der Waals surface area contributed by atoms with Crippen molar-refractivity contribution >= 4 is 12.4 Å². The summed E-state index contributed by atoms with van der Waals surface area (Å²) in [5.74, 6) is -1.19. The normalized spacial score (nSPS) is 16.0. The van der Waals surface area contributed by atoms with Gasteiger partial charge in [-0.1, -0.05) is 0 Å². The highest BCUT2D eigenvalue weighted by Crippen LogP contribution is 2.33. The second-order valence-electron chi connectivity index (χ2n) is 3.54. The average molecular weight is 272 g/mol. The molecule has 1 aromatic carbocycles. The van der Waals surface area contributed by atoms with Gasteiger partial charge in [0.15, 0.2) is 0 Å². The molecule has 7 heteroatoms. The molecule has 0 bridgehead atoms. The monoisotopic (exact) mass is 271 g/mol. The van der Waals surface area contributed by atoms with E-state index >= 15 is 0 Å². The number of nitrogens with one attached hydrogen (secondary N) is 1. The fraction of sp³-hybridized carbons (Fsp3) is 0.400. The van der Waals surface area contributed by atoms with Crippen LogP contribution in [-0.2, 0) is 6.18 Å². The second kappa shape index (κ2) is 5.10. The molecule has 1 heterocycles. The lowest BCUT2D eigenvalue weighted by Crippen LogP contribution is -2.50. The van der Waals surface area contributed by atoms with Crippen LogP contribution in [0.2, 0.25) is 0 Å². The molecule has 0 atom stereocenters. The maximum atomic E-state index is 13.1. The summed E-state index contributed by atoms with van der Waals surface area (Å²) in [6, 6.07) is 2.59. The van der Waals surface area contributed by atoms with Gasteiger partial charge in [-0.05, 0) is 12.1 Å². The van der Waals surface area contributed by atoms with Gasteiger partial charge >= 0.3 is 6.18 Å². The van der Waals surface area contributed by atoms with E-state index in [1.165, 1.54) is 0 Å². The summed E-state index contributed by atoms with van der Waals surface area (Å²) in [5.41, 5.74) is -1.27. The molecule has 1 aromatic rings. The summed E-state index contributed by atoms with van der Waals surface area (Å²) in [7, 11) is 0. The molecule has 1 saturated heterocycles. The van der Waals surface area contributed by atoms with Gasteiger partial charge in [0.1, 0.15) is 17.7 Å². The molecule has 0 aromatic heterocycles. The molecular formula is C10H10ClF4NO. The van der Waals surface area contributed by atoms with E-state index in [9.17, 15) is 17.6 Å². The van der Waals surface area contributed by atoms with Gasteiger partial charge < -0.3 is 10.1 Å². The van der Waals surface area contributed by atoms with Gasteiger partial charge in [0.05, 0.1) is 5.56 Å². The third kappa shape index (κ3) is 3.23. The molecule has 0 amide bonds. The highest BCUT2D eigenvalue weighted by Gasteiger charge is 2.34. The van der Waals surface area contributed by atoms with E-state index in [-0.39, 0.29) is 24.3 Å². The van der Waals surface area contributed by atoms with Crippen LogP contribution in [-0.4, -0.2) is 19.2 Å². The Morgan fingerprint density at radius 3 is 2.29 bits per heavy atom. The predicted molar refractivity (Wildman–Crippen MR) is 55.9 cm³/mol. The summed E-state index contributed by atoms with van der Waals surface area (Å²) < 4.78 is 55.0. The molecule has 1 aliphatic rings. The summed E-state index contributed by atoms with van der Waals surface area (Å²) in [5, 5.41) is 2.93. The number of hydrogen-bond donors (Lipinski definition) is 1. The minimum absolute atomic E-state index is 0. The summed E-state index contributed by atoms with van der Waals surface area (Å²) in [6.07, 6.45) is -4.75. The Morgan fingerprint density at radius 2 is 1.88 bits per heavy atom. The zero-order valence-electron chi connectivity index (χ0n) is 8.55. The zero-order valence-corrected chi connectivity index (χ0v) is 9.37. The van der Waals surface area contributed by atoms with Crippen molar-refractivity contribution in [1.29, 1.82) is 0 Å². The van der Waals surface area contributed by atoms with Crippen LogP contribution in [0.4, 0.5) is 17.6 Å². The number of alkyl halides is 3. The van der Waals surface area contributed by atoms with Gasteiger partial charge in [-0.25, -0.2) is 4.39 Å². The molecule has 0 saturated carbocycles. The van der Waals surface area contributed by atoms with Crippen molar-refractivity contribution in [2.45, 2.75) is 12.3 Å². The van der Waals surface area contributed by atoms with E-state index in [1.807, 2.05) is 0 Å². The Hall–Kier alpha value is -1.01. The van der Waals surface area contributed by atoms with Gasteiger partial charge in [0.2, 0.25) is 0 Å². The molecule has 17 heavy (non-hydrogen) atoms. The summed E-state index contributed by atoms with van der Waals surface area (Å²) in [4.78, 5) is 0. The lowest BCUT2D eigenvalue weighted by molar-refractivity contribution is -0.140. The molecule has 96 valence electrons. The molecular weight excluding hydrogens is 262 g/mol. The minimum atomic E-state index is -4.67. The van der Waals surface area contributed by atoms with Gasteiger partial charge in [0.25, 0.3) is 0 Å². The maximum Gasteiger partial charge on any atom is 0.419 e. The number of hydrogen-bond acceptors (Lipinski definition) is 2. The van der Waals surface area contributed by atoms with Crippen molar-refractivity contribution < 1.29 is 22.3 Å². The third-order valence-electron chi connectivity index (χ3n) is 2.29. The van der Waals surface area contributed by atoms with Gasteiger partial charge in [-0.2, -0.15) is 13.2 Å². The quantitative estimate of drug-likeness (QED) is 0.835. The Labute approximate surface area is 101 Å². The van der Waals surface area contributed by atoms with Crippen LogP contribution in [0.15, 0.2) is 18.2 Å². The fourth-order valence-corrected chi connectivity index (χ4v) is 1.34. The standard InChI is InChI=1S/C10H9F4NO.ClH/c11-9-3-6(16-7-4-15-5-7)1-2-8(9)10(12,13)14;/h1-3,7,15H,4-5H2;1H. The van der Waals surface area contributed by atoms with Gasteiger partial charge in [-0.15, -0.1) is 12.4 Å². The first-order chi connectivity index (χ1) is 7.47. The first-order valence-corrected chi connectivity index (χ1v) is 4.71. The largest absolute Gasteiger partial charge is 0.488 e. The molecule has 0 spiro atoms. The summed E-state index contributed by atoms with van der Waals surface area (Å²) in [6.45, 7) is 1.26. The highest BCUT2D eigenvalue weighted by molar-refractivity contribution is 5.85. The molecule has 0 unspecified atom stereocenters. The van der Waals surface area contributed by atoms with E-state index in [0.29, 0.717) is 19.2 Å². The van der Waals surface area contributed by atoms with Crippen molar-refractivity contribution in [3.8, 4) is 5.75 Å². The highest BCUT2D eigenvalue weighted by atomic mass is 35.5. The van der Waals surface area contributed by atoms with E-state index in [1.54, 1.807) is 0 Å². The van der Waals surface area contributed by atoms with Gasteiger partial charge in [0, 0.05) is 19.2 Å². The van der Waals surface area contributed by atoms with Gasteiger partial charge in [-0.3, -0.25) is 0 Å². The van der Waals surface area contributed by atoms with Crippen molar-refractivity contribution in [2.75, 3.05) is 13.1 Å². The first kappa shape index (κ1) is 14.1. The molecule has 2 nitrogen and oxygen atoms in total. The van der Waals surface area contributed by atoms with Crippen LogP contribution in [0.5, 0.6) is 5.75 Å². The Kier molecular flexibility index (Phi) is 4.21. The van der Waals surface area contributed by atoms with Crippen LogP contribution >= 0.6 is 12.4 Å². The van der Waals surface area contributed by atoms with Crippen molar-refractivity contribution in [2.24, 2.45) is 0 Å². The SMILES string of the molecule is Cl.Fc1cc(OC2CNC2)ccc1C(F)(F)F. The lowest BCUT2D eigenvalue weighted by atomic mass is 10.2. The number of benzene rings is 1. The van der Waals surface area contributed by atoms with Crippen molar-refractivity contribution in [3.05, 3.63) is 29.6 Å². The lowest BCUT2D eigenvalue weighted by Gasteiger charge is -2.27. The van der Waals surface area contributed by atoms with Crippen LogP contribution in [0.1, 0.15) is 5.56 Å². The molecule has 1 aliphatic heterocycles. The minimum Gasteiger partial charge on any atom is -0.488 e. The van der Waals surface area contributed by atoms with E-state index < -0.39 is 17.6 Å². The molecule has 1 fully saturated rings. The Morgan fingerprint density at radius 1 is 1.24 bits per heavy atom. The number of halogens is 5. The first-order valence-electron chi connectivity index (χ1n) is 4.71. The van der Waals surface area contributed by atoms with E-state index in [0.717, 1.165) is 12.1 Å². The molecule has 0 aliphatic carbocycles. The molecule has 2 rings (SSSR count). The van der Waals surface area contributed by atoms with Crippen molar-refractivity contribution in [1.82, 2.24) is 5.32 Å². The second-order valence-corrected chi connectivity index (χ2v) is 3.54. The van der Waals surface area contributed by atoms with Crippen LogP contribution < -0.4 is 10.1 Å². The zero-order chi connectivity index (χ0) is 11.8. The van der Waals surface area contributed by atoms with E-state index in [2.05, 4.69) is 5.32 Å². The topological polar surface area (TPSA) is 21.3 Å². The van der Waals surface area contributed by atoms with Crippen LogP contribution in [0, 0.1) is 5.82 Å². The smallest absolute Gasteiger partial charge is 0.419 e. The average Bonchev–Trinajstić information content (AvgIpc) is 2.09. The molecule has 1 N–H and O–H groups in total. The fourth-order valence-electron chi connectivity index (χ4n) is 1.34. The number of ether oxygens (including phenoxy) is 1. The maximum absolute atomic E-state index is 13.1. The van der Waals surface area contributed by atoms with Crippen LogP contribution in [0.25, 0.3) is 0 Å². The molecule has 0 radical (unpaired) electrons. The Bertz CT molecular complexity index is 392.